The molecule has 1 N–H and O–H groups in total. The van der Waals surface area contributed by atoms with Gasteiger partial charge >= 0.3 is 12.0 Å². The molecule has 0 fully saturated rings. The quantitative estimate of drug-likeness (QED) is 0.736. The molecule has 0 aromatic heterocycles. The second-order valence-corrected chi connectivity index (χ2v) is 5.61. The van der Waals surface area contributed by atoms with Crippen LogP contribution in [-0.2, 0) is 4.79 Å². The fourth-order valence-corrected chi connectivity index (χ4v) is 2.22. The smallest absolute Gasteiger partial charge is 0.320 e. The van der Waals surface area contributed by atoms with E-state index in [1.807, 2.05) is 46.7 Å². The van der Waals surface area contributed by atoms with Gasteiger partial charge in [0.1, 0.15) is 0 Å². The van der Waals surface area contributed by atoms with Gasteiger partial charge < -0.3 is 19.8 Å². The van der Waals surface area contributed by atoms with E-state index in [0.717, 1.165) is 6.54 Å². The Kier molecular flexibility index (Phi) is 8.22. The molecular formula is C14H29N3O3. The molecule has 118 valence electrons. The number of amides is 2. The Balaban J connectivity index is 4.85. The van der Waals surface area contributed by atoms with Gasteiger partial charge in [0, 0.05) is 31.7 Å². The van der Waals surface area contributed by atoms with Gasteiger partial charge in [-0.1, -0.05) is 0 Å². The molecule has 1 unspecified atom stereocenters. The lowest BCUT2D eigenvalue weighted by atomic mass is 10.2. The maximum absolute atomic E-state index is 12.6. The van der Waals surface area contributed by atoms with E-state index in [9.17, 15) is 9.59 Å². The van der Waals surface area contributed by atoms with Gasteiger partial charge in [0.25, 0.3) is 0 Å². The predicted molar refractivity (Wildman–Crippen MR) is 79.9 cm³/mol. The summed E-state index contributed by atoms with van der Waals surface area (Å²) in [5, 5.41) is 8.79. The number of rotatable bonds is 8. The largest absolute Gasteiger partial charge is 0.481 e. The van der Waals surface area contributed by atoms with Gasteiger partial charge in [-0.15, -0.1) is 0 Å². The summed E-state index contributed by atoms with van der Waals surface area (Å²) >= 11 is 0. The normalized spacial score (nSPS) is 12.6. The van der Waals surface area contributed by atoms with E-state index in [0.29, 0.717) is 6.54 Å². The zero-order chi connectivity index (χ0) is 15.9. The highest BCUT2D eigenvalue weighted by Gasteiger charge is 2.26. The Labute approximate surface area is 122 Å². The number of hydrogen-bond donors (Lipinski definition) is 1. The summed E-state index contributed by atoms with van der Waals surface area (Å²) in [6, 6.07) is -0.00543. The Morgan fingerprint density at radius 2 is 1.65 bits per heavy atom. The fourth-order valence-electron chi connectivity index (χ4n) is 2.22. The maximum Gasteiger partial charge on any atom is 0.320 e. The summed E-state index contributed by atoms with van der Waals surface area (Å²) in [6.45, 7) is 9.41. The van der Waals surface area contributed by atoms with Crippen LogP contribution in [-0.4, -0.2) is 77.6 Å². The SMILES string of the molecule is CCN(C(=O)N(CCC(=O)O)C(C)C)C(C)CN(C)C. The zero-order valence-electron chi connectivity index (χ0n) is 13.6. The third kappa shape index (κ3) is 6.23. The van der Waals surface area contributed by atoms with Crippen molar-refractivity contribution < 1.29 is 14.7 Å². The highest BCUT2D eigenvalue weighted by molar-refractivity contribution is 5.76. The van der Waals surface area contributed by atoms with Crippen LogP contribution in [0.5, 0.6) is 0 Å². The first-order valence-electron chi connectivity index (χ1n) is 7.14. The molecular weight excluding hydrogens is 258 g/mol. The number of likely N-dealkylation sites (N-methyl/N-ethyl adjacent to an activating group) is 2. The molecule has 0 radical (unpaired) electrons. The third-order valence-corrected chi connectivity index (χ3v) is 3.18. The monoisotopic (exact) mass is 287 g/mol. The van der Waals surface area contributed by atoms with E-state index >= 15 is 0 Å². The van der Waals surface area contributed by atoms with Crippen molar-refractivity contribution in [2.24, 2.45) is 0 Å². The summed E-state index contributed by atoms with van der Waals surface area (Å²) in [5.74, 6) is -0.882. The number of carbonyl (C=O) groups is 2. The molecule has 0 aliphatic carbocycles. The second-order valence-electron chi connectivity index (χ2n) is 5.61. The zero-order valence-corrected chi connectivity index (χ0v) is 13.6. The molecule has 20 heavy (non-hydrogen) atoms. The molecule has 6 heteroatoms. The molecule has 0 aliphatic rings. The Morgan fingerprint density at radius 3 is 2.00 bits per heavy atom. The first-order chi connectivity index (χ1) is 9.20. The van der Waals surface area contributed by atoms with Crippen LogP contribution in [0.1, 0.15) is 34.1 Å². The fraction of sp³-hybridized carbons (Fsp3) is 0.857. The van der Waals surface area contributed by atoms with E-state index in [-0.39, 0.29) is 31.1 Å². The van der Waals surface area contributed by atoms with E-state index in [2.05, 4.69) is 0 Å². The van der Waals surface area contributed by atoms with E-state index < -0.39 is 5.97 Å². The Morgan fingerprint density at radius 1 is 1.10 bits per heavy atom. The van der Waals surface area contributed by atoms with Gasteiger partial charge in [-0.2, -0.15) is 0 Å². The number of carboxylic acid groups (broad SMARTS) is 1. The summed E-state index contributed by atoms with van der Waals surface area (Å²) in [4.78, 5) is 28.8. The van der Waals surface area contributed by atoms with Gasteiger partial charge in [-0.25, -0.2) is 4.79 Å². The second kappa shape index (κ2) is 8.79. The van der Waals surface area contributed by atoms with Crippen molar-refractivity contribution in [3.63, 3.8) is 0 Å². The summed E-state index contributed by atoms with van der Waals surface area (Å²) in [7, 11) is 3.94. The van der Waals surface area contributed by atoms with Gasteiger partial charge in [0.05, 0.1) is 6.42 Å². The molecule has 1 atom stereocenters. The summed E-state index contributed by atoms with van der Waals surface area (Å²) < 4.78 is 0. The topological polar surface area (TPSA) is 64.1 Å². The van der Waals surface area contributed by atoms with Crippen molar-refractivity contribution in [3.05, 3.63) is 0 Å². The third-order valence-electron chi connectivity index (χ3n) is 3.18. The minimum atomic E-state index is -0.882. The van der Waals surface area contributed by atoms with Crippen LogP contribution in [0.2, 0.25) is 0 Å². The van der Waals surface area contributed by atoms with Gasteiger partial charge in [-0.05, 0) is 41.8 Å². The average Bonchev–Trinajstić information content (AvgIpc) is 2.27. The Bertz CT molecular complexity index is 319. The standard InChI is InChI=1S/C14H29N3O3/c1-7-16(12(4)10-15(5)6)14(20)17(11(2)3)9-8-13(18)19/h11-12H,7-10H2,1-6H3,(H,18,19). The van der Waals surface area contributed by atoms with Crippen LogP contribution >= 0.6 is 0 Å². The van der Waals surface area contributed by atoms with Crippen molar-refractivity contribution in [1.29, 1.82) is 0 Å². The van der Waals surface area contributed by atoms with Gasteiger partial charge in [-0.3, -0.25) is 4.79 Å². The van der Waals surface area contributed by atoms with Crippen LogP contribution in [0.25, 0.3) is 0 Å². The van der Waals surface area contributed by atoms with E-state index in [1.54, 1.807) is 9.80 Å². The summed E-state index contributed by atoms with van der Waals surface area (Å²) in [5.41, 5.74) is 0. The lowest BCUT2D eigenvalue weighted by Gasteiger charge is -2.36. The van der Waals surface area contributed by atoms with E-state index in [1.165, 1.54) is 0 Å². The molecule has 0 saturated heterocycles. The number of aliphatic carboxylic acids is 1. The Hall–Kier alpha value is -1.30. The first-order valence-corrected chi connectivity index (χ1v) is 7.14. The highest BCUT2D eigenvalue weighted by atomic mass is 16.4. The molecule has 0 saturated carbocycles. The highest BCUT2D eigenvalue weighted by Crippen LogP contribution is 2.10. The van der Waals surface area contributed by atoms with Gasteiger partial charge in [0.2, 0.25) is 0 Å². The average molecular weight is 287 g/mol. The molecule has 0 heterocycles. The minimum Gasteiger partial charge on any atom is -0.481 e. The molecule has 0 spiro atoms. The molecule has 6 nitrogen and oxygen atoms in total. The molecule has 0 bridgehead atoms. The molecule has 0 rings (SSSR count). The van der Waals surface area contributed by atoms with Gasteiger partial charge in [0.15, 0.2) is 0 Å². The molecule has 0 aromatic carbocycles. The molecule has 0 aliphatic heterocycles. The lowest BCUT2D eigenvalue weighted by molar-refractivity contribution is -0.137. The van der Waals surface area contributed by atoms with Crippen LogP contribution in [0.3, 0.4) is 0 Å². The van der Waals surface area contributed by atoms with Crippen molar-refractivity contribution in [2.45, 2.75) is 46.2 Å². The number of nitrogens with zero attached hydrogens (tertiary/aromatic N) is 3. The van der Waals surface area contributed by atoms with Crippen molar-refractivity contribution >= 4 is 12.0 Å². The van der Waals surface area contributed by atoms with Crippen LogP contribution in [0, 0.1) is 0 Å². The molecule has 2 amide bonds. The predicted octanol–water partition coefficient (Wildman–Crippen LogP) is 1.56. The van der Waals surface area contributed by atoms with Crippen molar-refractivity contribution in [1.82, 2.24) is 14.7 Å². The number of hydrogen-bond acceptors (Lipinski definition) is 3. The minimum absolute atomic E-state index is 0.0116. The van der Waals surface area contributed by atoms with Crippen LogP contribution in [0.15, 0.2) is 0 Å². The summed E-state index contributed by atoms with van der Waals surface area (Å²) in [6.07, 6.45) is -0.0243. The van der Waals surface area contributed by atoms with Crippen molar-refractivity contribution in [3.8, 4) is 0 Å². The lowest BCUT2D eigenvalue weighted by Crippen LogP contribution is -2.52. The van der Waals surface area contributed by atoms with Crippen LogP contribution in [0.4, 0.5) is 4.79 Å². The van der Waals surface area contributed by atoms with E-state index in [4.69, 9.17) is 5.11 Å². The molecule has 0 aromatic rings. The number of carbonyl (C=O) groups excluding carboxylic acids is 1. The van der Waals surface area contributed by atoms with Crippen LogP contribution < -0.4 is 0 Å². The first kappa shape index (κ1) is 18.7. The number of urea groups is 1. The number of carboxylic acids is 1. The maximum atomic E-state index is 12.6. The van der Waals surface area contributed by atoms with Crippen molar-refractivity contribution in [2.75, 3.05) is 33.7 Å².